The minimum atomic E-state index is -1.42. The van der Waals surface area contributed by atoms with Gasteiger partial charge in [0.2, 0.25) is 22.8 Å². The average molecular weight is 657 g/mol. The molecule has 51 heavy (non-hydrogen) atoms. The number of benzene rings is 5. The number of carbonyl (C=O) groups is 1. The molecule has 0 aliphatic carbocycles. The summed E-state index contributed by atoms with van der Waals surface area (Å²) in [6.45, 7) is 2.09. The van der Waals surface area contributed by atoms with Crippen molar-refractivity contribution in [2.45, 2.75) is 12.8 Å². The Bertz CT molecular complexity index is 2810. The van der Waals surface area contributed by atoms with E-state index >= 15 is 4.79 Å². The van der Waals surface area contributed by atoms with Crippen molar-refractivity contribution >= 4 is 16.7 Å². The molecule has 0 amide bonds. The molecule has 12 rings (SSSR count). The molecule has 0 saturated heterocycles. The maximum atomic E-state index is 15.2. The zero-order valence-corrected chi connectivity index (χ0v) is 27.7. The third kappa shape index (κ3) is 3.75. The van der Waals surface area contributed by atoms with E-state index in [0.29, 0.717) is 5.69 Å². The lowest BCUT2D eigenvalue weighted by Crippen LogP contribution is -2.77. The van der Waals surface area contributed by atoms with Crippen molar-refractivity contribution < 1.29 is 23.2 Å². The summed E-state index contributed by atoms with van der Waals surface area (Å²) < 4.78 is 13.7. The first-order valence-electron chi connectivity index (χ1n) is 17.3. The number of esters is 1. The molecule has 7 bridgehead atoms. The van der Waals surface area contributed by atoms with Crippen LogP contribution >= 0.6 is 0 Å². The van der Waals surface area contributed by atoms with Crippen molar-refractivity contribution in [1.29, 1.82) is 0 Å². The first-order valence-corrected chi connectivity index (χ1v) is 17.3. The Morgan fingerprint density at radius 3 is 2.12 bits per heavy atom. The Balaban J connectivity index is 1.44. The van der Waals surface area contributed by atoms with Crippen LogP contribution in [0.2, 0.25) is 0 Å². The second kappa shape index (κ2) is 10.2. The van der Waals surface area contributed by atoms with Crippen LogP contribution in [0.5, 0.6) is 0 Å². The minimum absolute atomic E-state index is 0.401. The number of nitrogens with zero attached hydrogens (tertiary/aromatic N) is 3. The number of aromatic nitrogens is 3. The second-order valence-corrected chi connectivity index (χ2v) is 13.6. The van der Waals surface area contributed by atoms with Gasteiger partial charge in [-0.2, -0.15) is 0 Å². The number of aryl methyl sites for hydroxylation is 1. The number of hydrogen-bond acceptors (Lipinski definition) is 2. The van der Waals surface area contributed by atoms with Crippen molar-refractivity contribution in [3.63, 3.8) is 0 Å². The summed E-state index contributed by atoms with van der Waals surface area (Å²) in [5.74, 6) is -1.82. The van der Waals surface area contributed by atoms with Gasteiger partial charge in [0, 0.05) is 30.3 Å². The molecule has 238 valence electrons. The fourth-order valence-electron chi connectivity index (χ4n) is 8.52. The molecule has 5 heteroatoms. The molecule has 1 atom stereocenters. The van der Waals surface area contributed by atoms with E-state index in [1.165, 1.54) is 5.56 Å². The predicted octanol–water partition coefficient (Wildman–Crippen LogP) is 8.34. The smallest absolute Gasteiger partial charge is 0.331 e. The topological polar surface area (TPSA) is 37.9 Å². The van der Waals surface area contributed by atoms with Crippen LogP contribution in [0.1, 0.15) is 21.6 Å². The zero-order valence-electron chi connectivity index (χ0n) is 27.7. The monoisotopic (exact) mass is 656 g/mol. The summed E-state index contributed by atoms with van der Waals surface area (Å²) in [5.41, 5.74) is 13.5. The van der Waals surface area contributed by atoms with Crippen LogP contribution in [0, 0.1) is 6.92 Å². The molecule has 7 heterocycles. The molecule has 0 fully saturated rings. The van der Waals surface area contributed by atoms with Gasteiger partial charge in [0.25, 0.3) is 5.69 Å². The van der Waals surface area contributed by atoms with E-state index in [4.69, 9.17) is 4.74 Å². The number of hydrogen-bond donors (Lipinski definition) is 0. The Labute approximate surface area is 294 Å². The number of rotatable bonds is 2. The number of ether oxygens (including phenoxy) is 1. The molecule has 0 N–H and O–H groups in total. The average Bonchev–Trinajstić information content (AvgIpc) is 3.29. The van der Waals surface area contributed by atoms with Gasteiger partial charge in [-0.15, -0.1) is 4.57 Å². The molecule has 8 aromatic rings. The first-order chi connectivity index (χ1) is 25.1. The molecule has 1 unspecified atom stereocenters. The minimum Gasteiger partial charge on any atom is -0.331 e. The van der Waals surface area contributed by atoms with Gasteiger partial charge in [0.15, 0.2) is 18.0 Å². The fourth-order valence-corrected chi connectivity index (χ4v) is 8.52. The summed E-state index contributed by atoms with van der Waals surface area (Å²) in [5, 5.41) is 2.17. The summed E-state index contributed by atoms with van der Waals surface area (Å²) in [4.78, 5) is 15.2. The van der Waals surface area contributed by atoms with Crippen molar-refractivity contribution in [2.75, 3.05) is 0 Å². The van der Waals surface area contributed by atoms with Crippen molar-refractivity contribution in [3.05, 3.63) is 181 Å². The quantitative estimate of drug-likeness (QED) is 0.139. The maximum Gasteiger partial charge on any atom is 0.557 e. The lowest BCUT2D eigenvalue weighted by atomic mass is 9.90. The molecule has 1 spiro atoms. The van der Waals surface area contributed by atoms with E-state index in [2.05, 4.69) is 166 Å². The third-order valence-electron chi connectivity index (χ3n) is 10.8. The van der Waals surface area contributed by atoms with E-state index < -0.39 is 11.8 Å². The highest BCUT2D eigenvalue weighted by Gasteiger charge is 2.66. The summed E-state index contributed by atoms with van der Waals surface area (Å²) in [6, 6.07) is 53.1. The molecule has 4 aliphatic heterocycles. The largest absolute Gasteiger partial charge is 0.557 e. The highest BCUT2D eigenvalue weighted by atomic mass is 16.6. The van der Waals surface area contributed by atoms with Crippen molar-refractivity contribution in [2.24, 2.45) is 0 Å². The molecular formula is C46H30N3O2+3. The Morgan fingerprint density at radius 2 is 1.24 bits per heavy atom. The number of pyridine rings is 3. The van der Waals surface area contributed by atoms with E-state index in [0.717, 1.165) is 78.0 Å². The maximum absolute atomic E-state index is 15.2. The molecule has 5 aromatic carbocycles. The van der Waals surface area contributed by atoms with Gasteiger partial charge in [0.05, 0.1) is 10.9 Å². The summed E-state index contributed by atoms with van der Waals surface area (Å²) in [7, 11) is 0. The fraction of sp³-hybridized carbons (Fsp3) is 0.0435. The van der Waals surface area contributed by atoms with Gasteiger partial charge in [0.1, 0.15) is 11.1 Å². The zero-order chi connectivity index (χ0) is 33.8. The number of fused-ring (bicyclic) bond motifs is 1. The molecule has 0 saturated carbocycles. The van der Waals surface area contributed by atoms with E-state index in [-0.39, 0.29) is 0 Å². The number of carbonyl (C=O) groups excluding carboxylic acids is 1. The van der Waals surface area contributed by atoms with Gasteiger partial charge < -0.3 is 4.74 Å². The molecular weight excluding hydrogens is 627 g/mol. The van der Waals surface area contributed by atoms with E-state index in [9.17, 15) is 0 Å². The Kier molecular flexibility index (Phi) is 5.61. The Morgan fingerprint density at radius 1 is 0.529 bits per heavy atom. The first kappa shape index (κ1) is 28.2. The van der Waals surface area contributed by atoms with E-state index in [1.54, 1.807) is 0 Å². The lowest BCUT2D eigenvalue weighted by Gasteiger charge is -2.27. The Hall–Kier alpha value is -6.72. The molecule has 0 radical (unpaired) electrons. The van der Waals surface area contributed by atoms with Gasteiger partial charge >= 0.3 is 11.8 Å². The van der Waals surface area contributed by atoms with Crippen LogP contribution in [0.3, 0.4) is 0 Å². The highest BCUT2D eigenvalue weighted by molar-refractivity contribution is 5.99. The molecule has 5 nitrogen and oxygen atoms in total. The van der Waals surface area contributed by atoms with Gasteiger partial charge in [-0.1, -0.05) is 99.6 Å². The van der Waals surface area contributed by atoms with Gasteiger partial charge in [-0.25, -0.2) is 4.79 Å². The summed E-state index contributed by atoms with van der Waals surface area (Å²) in [6.07, 6.45) is 4.15. The van der Waals surface area contributed by atoms with Crippen molar-refractivity contribution in [1.82, 2.24) is 0 Å². The van der Waals surface area contributed by atoms with E-state index in [1.807, 2.05) is 18.2 Å². The summed E-state index contributed by atoms with van der Waals surface area (Å²) >= 11 is 0. The van der Waals surface area contributed by atoms with Crippen LogP contribution in [0.25, 0.3) is 72.5 Å². The van der Waals surface area contributed by atoms with Gasteiger partial charge in [-0.05, 0) is 71.0 Å². The normalized spacial score (nSPS) is 15.8. The molecule has 3 aromatic heterocycles. The predicted molar refractivity (Wildman–Crippen MR) is 196 cm³/mol. The van der Waals surface area contributed by atoms with Crippen LogP contribution in [-0.2, 0) is 10.6 Å². The van der Waals surface area contributed by atoms with Crippen LogP contribution in [-0.4, -0.2) is 5.97 Å². The second-order valence-electron chi connectivity index (χ2n) is 13.6. The van der Waals surface area contributed by atoms with Crippen LogP contribution in [0.4, 0.5) is 0 Å². The molecule has 4 aliphatic rings. The van der Waals surface area contributed by atoms with Crippen LogP contribution < -0.4 is 13.7 Å². The highest BCUT2D eigenvalue weighted by Crippen LogP contribution is 2.46. The lowest BCUT2D eigenvalue weighted by molar-refractivity contribution is -1.01. The van der Waals surface area contributed by atoms with Crippen LogP contribution in [0.15, 0.2) is 164 Å². The van der Waals surface area contributed by atoms with Crippen molar-refractivity contribution in [3.8, 4) is 61.7 Å². The van der Waals surface area contributed by atoms with Gasteiger partial charge in [-0.3, -0.25) is 0 Å². The third-order valence-corrected chi connectivity index (χ3v) is 10.8. The standard InChI is InChI=1S/C46H30N3O2/c1-29-18-20-31(21-19-29)34-27-41-36-15-7-8-16-39(36)46-47-23-10-9-17-40(47)37-25-33(30-11-3-2-4-12-30)26-38(44(37)49(41)42(28-34)45(50)51-46)43-35-14-6-5-13-32(35)22-24-48(43)46/h2-28H,1H3/q+3. The SMILES string of the molecule is Cc1ccc(-c2cc3[n+]4c(c2)-c2ccccc2C2(OC3=O)[n+]3ccccc3-c3cc(-c5ccccc5)cc(c3-4)-c3c4ccccc4cc[n+]32)cc1.